The Balaban J connectivity index is 1.81. The number of hydrogen-bond acceptors (Lipinski definition) is 3. The van der Waals surface area contributed by atoms with E-state index < -0.39 is 17.6 Å². The SMILES string of the molecule is Cc1ccc(C)c(OCC(=O)NNC(=O)Cc2c(F)cccc2Cl)c1. The first-order valence-electron chi connectivity index (χ1n) is 7.57. The van der Waals surface area contributed by atoms with Crippen LogP contribution in [0, 0.1) is 19.7 Å². The van der Waals surface area contributed by atoms with E-state index in [-0.39, 0.29) is 23.6 Å². The van der Waals surface area contributed by atoms with Crippen molar-refractivity contribution in [3.63, 3.8) is 0 Å². The van der Waals surface area contributed by atoms with Gasteiger partial charge in [-0.25, -0.2) is 4.39 Å². The van der Waals surface area contributed by atoms with Crippen LogP contribution >= 0.6 is 11.6 Å². The number of carbonyl (C=O) groups is 2. The van der Waals surface area contributed by atoms with Crippen molar-refractivity contribution in [2.45, 2.75) is 20.3 Å². The summed E-state index contributed by atoms with van der Waals surface area (Å²) in [5.74, 6) is -1.10. The van der Waals surface area contributed by atoms with E-state index in [4.69, 9.17) is 16.3 Å². The minimum atomic E-state index is -0.591. The number of hydrazine groups is 1. The Morgan fingerprint density at radius 3 is 2.56 bits per heavy atom. The first-order valence-corrected chi connectivity index (χ1v) is 7.95. The molecule has 2 aromatic rings. The van der Waals surface area contributed by atoms with Gasteiger partial charge in [0, 0.05) is 10.6 Å². The summed E-state index contributed by atoms with van der Waals surface area (Å²) in [5, 5.41) is 0.153. The highest BCUT2D eigenvalue weighted by Gasteiger charge is 2.13. The molecule has 0 spiro atoms. The summed E-state index contributed by atoms with van der Waals surface area (Å²) in [4.78, 5) is 23.6. The fourth-order valence-corrected chi connectivity index (χ4v) is 2.32. The zero-order chi connectivity index (χ0) is 18.4. The third kappa shape index (κ3) is 5.46. The predicted molar refractivity (Wildman–Crippen MR) is 92.8 cm³/mol. The second kappa shape index (κ2) is 8.48. The molecule has 2 rings (SSSR count). The van der Waals surface area contributed by atoms with E-state index in [0.29, 0.717) is 5.75 Å². The standard InChI is InChI=1S/C18H18ClFN2O3/c1-11-6-7-12(2)16(8-11)25-10-18(24)22-21-17(23)9-13-14(19)4-3-5-15(13)20/h3-8H,9-10H2,1-2H3,(H,21,23)(H,22,24). The quantitative estimate of drug-likeness (QED) is 0.802. The summed E-state index contributed by atoms with van der Waals surface area (Å²) in [6.07, 6.45) is -0.288. The van der Waals surface area contributed by atoms with Gasteiger partial charge in [0.2, 0.25) is 5.91 Å². The van der Waals surface area contributed by atoms with Crippen LogP contribution in [0.3, 0.4) is 0 Å². The van der Waals surface area contributed by atoms with Crippen LogP contribution in [0.15, 0.2) is 36.4 Å². The second-order valence-electron chi connectivity index (χ2n) is 5.53. The molecule has 0 atom stereocenters. The molecule has 0 aliphatic heterocycles. The summed E-state index contributed by atoms with van der Waals surface area (Å²) in [5.41, 5.74) is 6.40. The summed E-state index contributed by atoms with van der Waals surface area (Å²) in [7, 11) is 0. The molecular formula is C18H18ClFN2O3. The van der Waals surface area contributed by atoms with Crippen LogP contribution in [0.4, 0.5) is 4.39 Å². The molecule has 2 amide bonds. The average Bonchev–Trinajstić information content (AvgIpc) is 2.57. The molecule has 25 heavy (non-hydrogen) atoms. The van der Waals surface area contributed by atoms with Crippen LogP contribution in [-0.4, -0.2) is 18.4 Å². The number of ether oxygens (including phenoxy) is 1. The molecule has 0 saturated heterocycles. The van der Waals surface area contributed by atoms with Crippen molar-refractivity contribution in [3.05, 3.63) is 63.9 Å². The van der Waals surface area contributed by atoms with E-state index in [0.717, 1.165) is 11.1 Å². The molecule has 132 valence electrons. The largest absolute Gasteiger partial charge is 0.483 e. The van der Waals surface area contributed by atoms with Gasteiger partial charge >= 0.3 is 0 Å². The lowest BCUT2D eigenvalue weighted by atomic mass is 10.1. The number of nitrogens with one attached hydrogen (secondary N) is 2. The van der Waals surface area contributed by atoms with Crippen molar-refractivity contribution in [2.24, 2.45) is 0 Å². The van der Waals surface area contributed by atoms with E-state index >= 15 is 0 Å². The molecule has 2 N–H and O–H groups in total. The molecule has 0 saturated carbocycles. The van der Waals surface area contributed by atoms with Gasteiger partial charge < -0.3 is 4.74 Å². The van der Waals surface area contributed by atoms with E-state index in [2.05, 4.69) is 10.9 Å². The summed E-state index contributed by atoms with van der Waals surface area (Å²) in [6.45, 7) is 3.53. The van der Waals surface area contributed by atoms with Crippen LogP contribution in [0.5, 0.6) is 5.75 Å². The summed E-state index contributed by atoms with van der Waals surface area (Å²) in [6, 6.07) is 9.81. The number of hydrogen-bond donors (Lipinski definition) is 2. The fourth-order valence-electron chi connectivity index (χ4n) is 2.09. The molecule has 0 bridgehead atoms. The smallest absolute Gasteiger partial charge is 0.276 e. The molecule has 7 heteroatoms. The average molecular weight is 365 g/mol. The Bertz CT molecular complexity index is 776. The Morgan fingerprint density at radius 2 is 1.84 bits per heavy atom. The normalized spacial score (nSPS) is 10.2. The summed E-state index contributed by atoms with van der Waals surface area (Å²) < 4.78 is 19.0. The predicted octanol–water partition coefficient (Wildman–Crippen LogP) is 2.86. The summed E-state index contributed by atoms with van der Waals surface area (Å²) >= 11 is 5.85. The van der Waals surface area contributed by atoms with Crippen molar-refractivity contribution in [1.29, 1.82) is 0 Å². The number of benzene rings is 2. The maximum Gasteiger partial charge on any atom is 0.276 e. The topological polar surface area (TPSA) is 67.4 Å². The molecular weight excluding hydrogens is 347 g/mol. The van der Waals surface area contributed by atoms with Gasteiger partial charge in [-0.2, -0.15) is 0 Å². The van der Waals surface area contributed by atoms with E-state index in [1.165, 1.54) is 18.2 Å². The molecule has 0 aliphatic carbocycles. The molecule has 0 unspecified atom stereocenters. The molecule has 0 aromatic heterocycles. The van der Waals surface area contributed by atoms with E-state index in [1.54, 1.807) is 0 Å². The number of rotatable bonds is 5. The third-order valence-corrected chi connectivity index (χ3v) is 3.80. The van der Waals surface area contributed by atoms with Gasteiger partial charge in [0.15, 0.2) is 6.61 Å². The number of aryl methyl sites for hydroxylation is 2. The molecule has 5 nitrogen and oxygen atoms in total. The van der Waals surface area contributed by atoms with Gasteiger partial charge in [-0.3, -0.25) is 20.4 Å². The highest BCUT2D eigenvalue weighted by atomic mass is 35.5. The van der Waals surface area contributed by atoms with Crippen molar-refractivity contribution < 1.29 is 18.7 Å². The van der Waals surface area contributed by atoms with Crippen LogP contribution in [-0.2, 0) is 16.0 Å². The van der Waals surface area contributed by atoms with Crippen molar-refractivity contribution in [3.8, 4) is 5.75 Å². The molecule has 2 aromatic carbocycles. The van der Waals surface area contributed by atoms with Crippen molar-refractivity contribution >= 4 is 23.4 Å². The Hall–Kier alpha value is -2.60. The second-order valence-corrected chi connectivity index (χ2v) is 5.94. The zero-order valence-electron chi connectivity index (χ0n) is 13.9. The number of carbonyl (C=O) groups excluding carboxylic acids is 2. The Kier molecular flexibility index (Phi) is 6.36. The fraction of sp³-hybridized carbons (Fsp3) is 0.222. The zero-order valence-corrected chi connectivity index (χ0v) is 14.6. The highest BCUT2D eigenvalue weighted by Crippen LogP contribution is 2.19. The maximum absolute atomic E-state index is 13.6. The molecule has 0 radical (unpaired) electrons. The van der Waals surface area contributed by atoms with Crippen LogP contribution in [0.1, 0.15) is 16.7 Å². The van der Waals surface area contributed by atoms with E-state index in [9.17, 15) is 14.0 Å². The first-order chi connectivity index (χ1) is 11.9. The Morgan fingerprint density at radius 1 is 1.12 bits per heavy atom. The maximum atomic E-state index is 13.6. The van der Waals surface area contributed by atoms with Gasteiger partial charge in [-0.05, 0) is 43.2 Å². The molecule has 0 fully saturated rings. The number of amides is 2. The van der Waals surface area contributed by atoms with Crippen LogP contribution < -0.4 is 15.6 Å². The van der Waals surface area contributed by atoms with Gasteiger partial charge in [0.05, 0.1) is 6.42 Å². The lowest BCUT2D eigenvalue weighted by Gasteiger charge is -2.11. The minimum absolute atomic E-state index is 0.0718. The third-order valence-electron chi connectivity index (χ3n) is 3.44. The monoisotopic (exact) mass is 364 g/mol. The van der Waals surface area contributed by atoms with Gasteiger partial charge in [0.25, 0.3) is 5.91 Å². The number of halogens is 2. The van der Waals surface area contributed by atoms with Gasteiger partial charge in [-0.15, -0.1) is 0 Å². The van der Waals surface area contributed by atoms with Crippen LogP contribution in [0.2, 0.25) is 5.02 Å². The molecule has 0 heterocycles. The minimum Gasteiger partial charge on any atom is -0.483 e. The van der Waals surface area contributed by atoms with Crippen LogP contribution in [0.25, 0.3) is 0 Å². The Labute approximate surface area is 150 Å². The van der Waals surface area contributed by atoms with Gasteiger partial charge in [0.1, 0.15) is 11.6 Å². The lowest BCUT2D eigenvalue weighted by Crippen LogP contribution is -2.44. The molecule has 0 aliphatic rings. The lowest BCUT2D eigenvalue weighted by molar-refractivity contribution is -0.129. The van der Waals surface area contributed by atoms with Crippen molar-refractivity contribution in [2.75, 3.05) is 6.61 Å². The van der Waals surface area contributed by atoms with Crippen molar-refractivity contribution in [1.82, 2.24) is 10.9 Å². The first kappa shape index (κ1) is 18.7. The van der Waals surface area contributed by atoms with Gasteiger partial charge in [-0.1, -0.05) is 29.8 Å². The highest BCUT2D eigenvalue weighted by molar-refractivity contribution is 6.31. The van der Waals surface area contributed by atoms with E-state index in [1.807, 2.05) is 32.0 Å².